The minimum Gasteiger partial charge on any atom is -0.486 e. The van der Waals surface area contributed by atoms with Crippen LogP contribution in [0.3, 0.4) is 0 Å². The minimum atomic E-state index is -0.398. The molecule has 0 radical (unpaired) electrons. The molecule has 0 fully saturated rings. The molecule has 0 unspecified atom stereocenters. The van der Waals surface area contributed by atoms with E-state index in [1.165, 1.54) is 6.07 Å². The molecule has 0 bridgehead atoms. The molecule has 0 atom stereocenters. The van der Waals surface area contributed by atoms with Crippen molar-refractivity contribution in [3.63, 3.8) is 0 Å². The van der Waals surface area contributed by atoms with Crippen molar-refractivity contribution in [2.24, 2.45) is 7.05 Å². The van der Waals surface area contributed by atoms with Gasteiger partial charge in [-0.3, -0.25) is 4.79 Å². The zero-order valence-electron chi connectivity index (χ0n) is 14.0. The van der Waals surface area contributed by atoms with Crippen LogP contribution in [0, 0.1) is 12.7 Å². The van der Waals surface area contributed by atoms with E-state index in [0.717, 1.165) is 5.82 Å². The van der Waals surface area contributed by atoms with Crippen LogP contribution in [0.25, 0.3) is 0 Å². The number of halogens is 1. The Balaban J connectivity index is 1.61. The Labute approximate surface area is 145 Å². The van der Waals surface area contributed by atoms with Crippen molar-refractivity contribution in [3.05, 3.63) is 77.6 Å². The van der Waals surface area contributed by atoms with Crippen LogP contribution >= 0.6 is 0 Å². The SMILES string of the molecule is Cc1ccc(C(=O)Nc2ccc(OCc3nccn3C)cc2)cc1F. The van der Waals surface area contributed by atoms with E-state index in [-0.39, 0.29) is 11.5 Å². The summed E-state index contributed by atoms with van der Waals surface area (Å²) in [4.78, 5) is 16.3. The normalized spacial score (nSPS) is 10.5. The molecule has 3 aromatic rings. The number of imidazole rings is 1. The number of nitrogens with zero attached hydrogens (tertiary/aromatic N) is 2. The lowest BCUT2D eigenvalue weighted by atomic mass is 10.1. The monoisotopic (exact) mass is 339 g/mol. The molecule has 0 saturated heterocycles. The summed E-state index contributed by atoms with van der Waals surface area (Å²) in [5.74, 6) is 0.729. The molecule has 0 aliphatic heterocycles. The van der Waals surface area contributed by atoms with Crippen molar-refractivity contribution < 1.29 is 13.9 Å². The maximum absolute atomic E-state index is 13.6. The summed E-state index contributed by atoms with van der Waals surface area (Å²) in [6, 6.07) is 11.4. The first-order valence-corrected chi connectivity index (χ1v) is 7.79. The van der Waals surface area contributed by atoms with E-state index < -0.39 is 5.82 Å². The fraction of sp³-hybridized carbons (Fsp3) is 0.158. The smallest absolute Gasteiger partial charge is 0.255 e. The highest BCUT2D eigenvalue weighted by Gasteiger charge is 2.09. The Morgan fingerprint density at radius 1 is 1.24 bits per heavy atom. The first-order chi connectivity index (χ1) is 12.0. The van der Waals surface area contributed by atoms with E-state index in [0.29, 0.717) is 23.6 Å². The lowest BCUT2D eigenvalue weighted by Crippen LogP contribution is -2.12. The Kier molecular flexibility index (Phi) is 4.79. The molecule has 0 spiro atoms. The van der Waals surface area contributed by atoms with Crippen molar-refractivity contribution in [1.29, 1.82) is 0 Å². The number of aromatic nitrogens is 2. The highest BCUT2D eigenvalue weighted by atomic mass is 19.1. The van der Waals surface area contributed by atoms with E-state index in [1.807, 2.05) is 17.8 Å². The summed E-state index contributed by atoms with van der Waals surface area (Å²) in [5.41, 5.74) is 1.39. The van der Waals surface area contributed by atoms with Crippen LogP contribution < -0.4 is 10.1 Å². The Hall–Kier alpha value is -3.15. The zero-order valence-corrected chi connectivity index (χ0v) is 14.0. The molecule has 3 rings (SSSR count). The maximum atomic E-state index is 13.6. The molecule has 1 amide bonds. The van der Waals surface area contributed by atoms with Crippen LogP contribution in [-0.2, 0) is 13.7 Å². The van der Waals surface area contributed by atoms with Crippen molar-refractivity contribution in [1.82, 2.24) is 9.55 Å². The van der Waals surface area contributed by atoms with Gasteiger partial charge in [0, 0.05) is 30.7 Å². The second-order valence-corrected chi connectivity index (χ2v) is 5.69. The minimum absolute atomic E-state index is 0.276. The first-order valence-electron chi connectivity index (χ1n) is 7.79. The summed E-state index contributed by atoms with van der Waals surface area (Å²) in [6.45, 7) is 2.01. The fourth-order valence-corrected chi connectivity index (χ4v) is 2.26. The van der Waals surface area contributed by atoms with Gasteiger partial charge < -0.3 is 14.6 Å². The number of carbonyl (C=O) groups is 1. The molecule has 5 nitrogen and oxygen atoms in total. The molecular weight excluding hydrogens is 321 g/mol. The van der Waals surface area contributed by atoms with Crippen LogP contribution in [0.15, 0.2) is 54.9 Å². The average molecular weight is 339 g/mol. The fourth-order valence-electron chi connectivity index (χ4n) is 2.26. The van der Waals surface area contributed by atoms with Gasteiger partial charge in [0.05, 0.1) is 0 Å². The molecule has 0 aliphatic carbocycles. The van der Waals surface area contributed by atoms with Gasteiger partial charge in [-0.15, -0.1) is 0 Å². The lowest BCUT2D eigenvalue weighted by Gasteiger charge is -2.09. The quantitative estimate of drug-likeness (QED) is 0.771. The van der Waals surface area contributed by atoms with Gasteiger partial charge in [0.25, 0.3) is 5.91 Å². The van der Waals surface area contributed by atoms with Crippen LogP contribution in [0.4, 0.5) is 10.1 Å². The van der Waals surface area contributed by atoms with Gasteiger partial charge in [0.15, 0.2) is 0 Å². The Morgan fingerprint density at radius 3 is 2.64 bits per heavy atom. The summed E-state index contributed by atoms with van der Waals surface area (Å²) < 4.78 is 21.1. The number of amides is 1. The molecule has 0 aliphatic rings. The number of hydrogen-bond acceptors (Lipinski definition) is 3. The van der Waals surface area contributed by atoms with E-state index in [1.54, 1.807) is 49.5 Å². The van der Waals surface area contributed by atoms with Crippen LogP contribution in [0.5, 0.6) is 5.75 Å². The van der Waals surface area contributed by atoms with Crippen molar-refractivity contribution in [2.45, 2.75) is 13.5 Å². The first kappa shape index (κ1) is 16.7. The van der Waals surface area contributed by atoms with E-state index >= 15 is 0 Å². The van der Waals surface area contributed by atoms with Crippen molar-refractivity contribution >= 4 is 11.6 Å². The topological polar surface area (TPSA) is 56.1 Å². The van der Waals surface area contributed by atoms with Crippen molar-refractivity contribution in [3.8, 4) is 5.75 Å². The number of carbonyl (C=O) groups excluding carboxylic acids is 1. The number of hydrogen-bond donors (Lipinski definition) is 1. The van der Waals surface area contributed by atoms with E-state index in [2.05, 4.69) is 10.3 Å². The second-order valence-electron chi connectivity index (χ2n) is 5.69. The molecule has 1 N–H and O–H groups in total. The van der Waals surface area contributed by atoms with Crippen LogP contribution in [0.1, 0.15) is 21.7 Å². The molecule has 1 heterocycles. The number of ether oxygens (including phenoxy) is 1. The molecule has 128 valence electrons. The summed E-state index contributed by atoms with van der Waals surface area (Å²) in [5, 5.41) is 2.73. The third-order valence-corrected chi connectivity index (χ3v) is 3.84. The standard InChI is InChI=1S/C19H18FN3O2/c1-13-3-4-14(11-17(13)20)19(24)22-15-5-7-16(8-6-15)25-12-18-21-9-10-23(18)2/h3-11H,12H2,1-2H3,(H,22,24). The molecular formula is C19H18FN3O2. The second kappa shape index (κ2) is 7.17. The number of aryl methyl sites for hydroxylation is 2. The van der Waals surface area contributed by atoms with E-state index in [4.69, 9.17) is 4.74 Å². The van der Waals surface area contributed by atoms with Gasteiger partial charge in [-0.2, -0.15) is 0 Å². The van der Waals surface area contributed by atoms with Crippen LogP contribution in [-0.4, -0.2) is 15.5 Å². The lowest BCUT2D eigenvalue weighted by molar-refractivity contribution is 0.102. The molecule has 0 saturated carbocycles. The third-order valence-electron chi connectivity index (χ3n) is 3.84. The molecule has 2 aromatic carbocycles. The van der Waals surface area contributed by atoms with Gasteiger partial charge in [-0.05, 0) is 48.9 Å². The number of rotatable bonds is 5. The van der Waals surface area contributed by atoms with Crippen LogP contribution in [0.2, 0.25) is 0 Å². The number of anilines is 1. The highest BCUT2D eigenvalue weighted by molar-refractivity contribution is 6.04. The summed E-state index contributed by atoms with van der Waals surface area (Å²) >= 11 is 0. The number of nitrogens with one attached hydrogen (secondary N) is 1. The zero-order chi connectivity index (χ0) is 17.8. The Morgan fingerprint density at radius 2 is 2.00 bits per heavy atom. The van der Waals surface area contributed by atoms with Gasteiger partial charge in [-0.1, -0.05) is 6.07 Å². The van der Waals surface area contributed by atoms with Crippen molar-refractivity contribution in [2.75, 3.05) is 5.32 Å². The predicted octanol–water partition coefficient (Wildman–Crippen LogP) is 3.70. The van der Waals surface area contributed by atoms with Gasteiger partial charge in [-0.25, -0.2) is 9.37 Å². The highest BCUT2D eigenvalue weighted by Crippen LogP contribution is 2.18. The number of benzene rings is 2. The summed E-state index contributed by atoms with van der Waals surface area (Å²) in [6.07, 6.45) is 3.57. The van der Waals surface area contributed by atoms with E-state index in [9.17, 15) is 9.18 Å². The molecule has 25 heavy (non-hydrogen) atoms. The van der Waals surface area contributed by atoms with Gasteiger partial charge in [0.2, 0.25) is 0 Å². The largest absolute Gasteiger partial charge is 0.486 e. The third kappa shape index (κ3) is 4.03. The predicted molar refractivity (Wildman–Crippen MR) is 93.1 cm³/mol. The summed E-state index contributed by atoms with van der Waals surface area (Å²) in [7, 11) is 1.90. The van der Waals surface area contributed by atoms with Gasteiger partial charge >= 0.3 is 0 Å². The van der Waals surface area contributed by atoms with Gasteiger partial charge in [0.1, 0.15) is 24.0 Å². The molecule has 6 heteroatoms. The Bertz CT molecular complexity index is 888. The maximum Gasteiger partial charge on any atom is 0.255 e. The average Bonchev–Trinajstić information content (AvgIpc) is 3.01. The molecule has 1 aromatic heterocycles.